The molecule has 1 saturated heterocycles. The number of imidazole rings is 1. The van der Waals surface area contributed by atoms with Crippen molar-refractivity contribution in [3.8, 4) is 0 Å². The van der Waals surface area contributed by atoms with Crippen LogP contribution in [-0.2, 0) is 10.0 Å². The van der Waals surface area contributed by atoms with Crippen molar-refractivity contribution in [2.24, 2.45) is 0 Å². The van der Waals surface area contributed by atoms with E-state index in [1.807, 2.05) is 60.4 Å². The molecule has 1 aliphatic heterocycles. The Bertz CT molecular complexity index is 1740. The summed E-state index contributed by atoms with van der Waals surface area (Å²) < 4.78 is 30.5. The zero-order valence-electron chi connectivity index (χ0n) is 22.4. The monoisotopic (exact) mass is 573 g/mol. The number of carbonyl (C=O) groups is 1. The number of H-pyrrole nitrogens is 1. The molecule has 10 heteroatoms. The van der Waals surface area contributed by atoms with Crippen molar-refractivity contribution in [2.45, 2.75) is 24.8 Å². The van der Waals surface area contributed by atoms with Crippen LogP contribution in [0.4, 0.5) is 5.69 Å². The maximum absolute atomic E-state index is 14.1. The minimum Gasteiger partial charge on any atom is -0.340 e. The molecule has 6 rings (SSSR count). The van der Waals surface area contributed by atoms with Crippen LogP contribution in [0.25, 0.3) is 21.1 Å². The zero-order valence-corrected chi connectivity index (χ0v) is 24.1. The minimum absolute atomic E-state index is 0.0305. The summed E-state index contributed by atoms with van der Waals surface area (Å²) in [5, 5.41) is 0.836. The van der Waals surface area contributed by atoms with Crippen molar-refractivity contribution in [3.63, 3.8) is 0 Å². The van der Waals surface area contributed by atoms with Crippen molar-refractivity contribution in [1.82, 2.24) is 19.8 Å². The lowest BCUT2D eigenvalue weighted by Gasteiger charge is -2.33. The molecule has 3 aromatic carbocycles. The molecule has 206 valence electrons. The number of rotatable bonds is 7. The molecule has 1 aliphatic rings. The second-order valence-corrected chi connectivity index (χ2v) is 12.9. The summed E-state index contributed by atoms with van der Waals surface area (Å²) in [6.45, 7) is 8.14. The van der Waals surface area contributed by atoms with E-state index in [2.05, 4.69) is 16.8 Å². The van der Waals surface area contributed by atoms with E-state index in [1.54, 1.807) is 30.3 Å². The smallest absolute Gasteiger partial charge is 0.264 e. The molecular weight excluding hydrogens is 542 g/mol. The van der Waals surface area contributed by atoms with Crippen molar-refractivity contribution in [3.05, 3.63) is 89.6 Å². The molecule has 0 saturated carbocycles. The normalized spacial score (nSPS) is 15.5. The van der Waals surface area contributed by atoms with Gasteiger partial charge in [0.2, 0.25) is 0 Å². The largest absolute Gasteiger partial charge is 0.340 e. The Morgan fingerprint density at radius 3 is 2.45 bits per heavy atom. The van der Waals surface area contributed by atoms with Crippen LogP contribution in [0.3, 0.4) is 0 Å². The zero-order chi connectivity index (χ0) is 27.9. The number of benzene rings is 3. The van der Waals surface area contributed by atoms with Crippen LogP contribution in [-0.4, -0.2) is 66.8 Å². The lowest BCUT2D eigenvalue weighted by atomic mass is 10.2. The molecule has 1 N–H and O–H groups in total. The third-order valence-electron chi connectivity index (χ3n) is 7.53. The summed E-state index contributed by atoms with van der Waals surface area (Å²) in [5.74, 6) is 0.580. The predicted octanol–water partition coefficient (Wildman–Crippen LogP) is 5.51. The summed E-state index contributed by atoms with van der Waals surface area (Å²) in [6.07, 6.45) is 0. The molecule has 40 heavy (non-hydrogen) atoms. The molecule has 1 fully saturated rings. The first kappa shape index (κ1) is 26.5. The van der Waals surface area contributed by atoms with Crippen LogP contribution in [0.1, 0.15) is 35.4 Å². The third-order valence-corrected chi connectivity index (χ3v) is 10.5. The number of aromatic amines is 1. The Hall–Kier alpha value is -3.73. The van der Waals surface area contributed by atoms with Gasteiger partial charge in [0.25, 0.3) is 15.9 Å². The molecular formula is C30H31N5O3S2. The Morgan fingerprint density at radius 2 is 1.73 bits per heavy atom. The standard InChI is InChI=1S/C30H31N5O3S2/c1-3-33-15-17-34(18-16-33)30(36)28-20-22-19-23(13-14-27(22)39-28)35(40(37,38)24-9-5-4-6-10-24)21(2)29-31-25-11-7-8-12-26(25)32-29/h4-14,19-21H,3,15-18H2,1-2H3,(H,31,32). The van der Waals surface area contributed by atoms with Gasteiger partial charge in [0.15, 0.2) is 0 Å². The number of sulfonamides is 1. The van der Waals surface area contributed by atoms with Gasteiger partial charge in [0.1, 0.15) is 11.9 Å². The number of anilines is 1. The number of carbonyl (C=O) groups excluding carboxylic acids is 1. The number of nitrogens with zero attached hydrogens (tertiary/aromatic N) is 4. The number of para-hydroxylation sites is 2. The molecule has 0 aliphatic carbocycles. The van der Waals surface area contributed by atoms with Crippen LogP contribution < -0.4 is 4.31 Å². The summed E-state index contributed by atoms with van der Waals surface area (Å²) in [5.41, 5.74) is 2.13. The lowest BCUT2D eigenvalue weighted by Crippen LogP contribution is -2.48. The molecule has 3 heterocycles. The Kier molecular flexibility index (Phi) is 7.07. The molecule has 0 spiro atoms. The molecule has 8 nitrogen and oxygen atoms in total. The highest BCUT2D eigenvalue weighted by atomic mass is 32.2. The van der Waals surface area contributed by atoms with Gasteiger partial charge in [0.05, 0.1) is 26.5 Å². The maximum Gasteiger partial charge on any atom is 0.264 e. The summed E-state index contributed by atoms with van der Waals surface area (Å²) in [4.78, 5) is 26.4. The van der Waals surface area contributed by atoms with Gasteiger partial charge < -0.3 is 14.8 Å². The number of thiophene rings is 1. The fourth-order valence-electron chi connectivity index (χ4n) is 5.25. The first-order valence-corrected chi connectivity index (χ1v) is 15.7. The molecule has 0 radical (unpaired) electrons. The number of hydrogen-bond donors (Lipinski definition) is 1. The van der Waals surface area contributed by atoms with Crippen molar-refractivity contribution in [1.29, 1.82) is 0 Å². The average Bonchev–Trinajstić information content (AvgIpc) is 3.62. The predicted molar refractivity (Wildman–Crippen MR) is 160 cm³/mol. The van der Waals surface area contributed by atoms with E-state index < -0.39 is 16.1 Å². The van der Waals surface area contributed by atoms with Gasteiger partial charge in [-0.2, -0.15) is 0 Å². The van der Waals surface area contributed by atoms with Crippen LogP contribution in [0.15, 0.2) is 83.8 Å². The second-order valence-electron chi connectivity index (χ2n) is 9.99. The fourth-order valence-corrected chi connectivity index (χ4v) is 7.90. The first-order valence-electron chi connectivity index (χ1n) is 13.4. The average molecular weight is 574 g/mol. The Labute approximate surface area is 237 Å². The topological polar surface area (TPSA) is 89.6 Å². The van der Waals surface area contributed by atoms with Crippen molar-refractivity contribution < 1.29 is 13.2 Å². The number of likely N-dealkylation sites (N-methyl/N-ethyl adjacent to an activating group) is 1. The SMILES string of the molecule is CCN1CCN(C(=O)c2cc3cc(N(C(C)c4nc5ccccc5[nH]4)S(=O)(=O)c4ccccc4)ccc3s2)CC1. The number of fused-ring (bicyclic) bond motifs is 2. The van der Waals surface area contributed by atoms with Gasteiger partial charge in [0, 0.05) is 30.9 Å². The molecule has 1 unspecified atom stereocenters. The molecule has 2 aromatic heterocycles. The maximum atomic E-state index is 14.1. The molecule has 0 bridgehead atoms. The Morgan fingerprint density at radius 1 is 1.00 bits per heavy atom. The van der Waals surface area contributed by atoms with E-state index in [0.29, 0.717) is 29.5 Å². The van der Waals surface area contributed by atoms with Crippen LogP contribution >= 0.6 is 11.3 Å². The summed E-state index contributed by atoms with van der Waals surface area (Å²) in [6, 6.07) is 22.9. The number of hydrogen-bond acceptors (Lipinski definition) is 6. The van der Waals surface area contributed by atoms with Gasteiger partial charge in [-0.15, -0.1) is 11.3 Å². The molecule has 1 amide bonds. The van der Waals surface area contributed by atoms with Crippen molar-refractivity contribution >= 4 is 54.1 Å². The fraction of sp³-hybridized carbons (Fsp3) is 0.267. The number of amides is 1. The number of aromatic nitrogens is 2. The van der Waals surface area contributed by atoms with E-state index >= 15 is 0 Å². The highest BCUT2D eigenvalue weighted by molar-refractivity contribution is 7.92. The Balaban J connectivity index is 1.39. The second kappa shape index (κ2) is 10.7. The minimum atomic E-state index is -3.95. The van der Waals surface area contributed by atoms with Crippen molar-refractivity contribution in [2.75, 3.05) is 37.0 Å². The van der Waals surface area contributed by atoms with Gasteiger partial charge in [-0.05, 0) is 67.4 Å². The van der Waals surface area contributed by atoms with Gasteiger partial charge in [-0.3, -0.25) is 9.10 Å². The lowest BCUT2D eigenvalue weighted by molar-refractivity contribution is 0.0648. The summed E-state index contributed by atoms with van der Waals surface area (Å²) >= 11 is 1.45. The number of nitrogens with one attached hydrogen (secondary N) is 1. The van der Waals surface area contributed by atoms with E-state index in [-0.39, 0.29) is 10.8 Å². The van der Waals surface area contributed by atoms with Crippen LogP contribution in [0.5, 0.6) is 0 Å². The molecule has 5 aromatic rings. The van der Waals surface area contributed by atoms with E-state index in [9.17, 15) is 13.2 Å². The summed E-state index contributed by atoms with van der Waals surface area (Å²) in [7, 11) is -3.95. The van der Waals surface area contributed by atoms with Gasteiger partial charge >= 0.3 is 0 Å². The van der Waals surface area contributed by atoms with E-state index in [0.717, 1.165) is 40.8 Å². The quantitative estimate of drug-likeness (QED) is 0.277. The van der Waals surface area contributed by atoms with Crippen LogP contribution in [0, 0.1) is 0 Å². The first-order chi connectivity index (χ1) is 19.3. The third kappa shape index (κ3) is 4.87. The van der Waals surface area contributed by atoms with E-state index in [4.69, 9.17) is 4.98 Å². The van der Waals surface area contributed by atoms with E-state index in [1.165, 1.54) is 15.6 Å². The van der Waals surface area contributed by atoms with Crippen LogP contribution in [0.2, 0.25) is 0 Å². The molecule has 1 atom stereocenters. The highest BCUT2D eigenvalue weighted by Gasteiger charge is 2.32. The van der Waals surface area contributed by atoms with Gasteiger partial charge in [-0.25, -0.2) is 13.4 Å². The number of piperazine rings is 1. The van der Waals surface area contributed by atoms with Gasteiger partial charge in [-0.1, -0.05) is 37.3 Å². The highest BCUT2D eigenvalue weighted by Crippen LogP contribution is 2.37.